The highest BCUT2D eigenvalue weighted by molar-refractivity contribution is 7.92. The van der Waals surface area contributed by atoms with Crippen LogP contribution in [0.15, 0.2) is 73.2 Å². The highest BCUT2D eigenvalue weighted by Gasteiger charge is 2.11. The van der Waals surface area contributed by atoms with Crippen LogP contribution in [0, 0.1) is 0 Å². The fourth-order valence-corrected chi connectivity index (χ4v) is 3.47. The standard InChI is InChI=1S/C19H20N4O2S/c24-26(25,13-10-16-4-2-1-3-5-16)23-18-6-7-19(22-15-18)21-14-17-8-11-20-12-9-17/h1-9,11-12,15,23H,10,13-14H2,(H,21,22). The predicted octanol–water partition coefficient (Wildman–Crippen LogP) is 3.07. The van der Waals surface area contributed by atoms with Crippen molar-refractivity contribution in [2.24, 2.45) is 0 Å². The van der Waals surface area contributed by atoms with Crippen LogP contribution in [-0.2, 0) is 23.0 Å². The summed E-state index contributed by atoms with van der Waals surface area (Å²) in [5.41, 5.74) is 2.53. The molecule has 0 atom stereocenters. The first-order valence-corrected chi connectivity index (χ1v) is 9.89. The molecule has 2 aromatic heterocycles. The van der Waals surface area contributed by atoms with Crippen molar-refractivity contribution >= 4 is 21.5 Å². The lowest BCUT2D eigenvalue weighted by Crippen LogP contribution is -2.18. The summed E-state index contributed by atoms with van der Waals surface area (Å²) < 4.78 is 27.0. The molecule has 3 aromatic rings. The van der Waals surface area contributed by atoms with Crippen LogP contribution in [-0.4, -0.2) is 24.1 Å². The van der Waals surface area contributed by atoms with Crippen LogP contribution >= 0.6 is 0 Å². The molecule has 0 aliphatic carbocycles. The predicted molar refractivity (Wildman–Crippen MR) is 103 cm³/mol. The molecule has 2 N–H and O–H groups in total. The minimum absolute atomic E-state index is 0.0268. The second kappa shape index (κ2) is 8.44. The Balaban J connectivity index is 1.53. The van der Waals surface area contributed by atoms with Crippen LogP contribution < -0.4 is 10.0 Å². The van der Waals surface area contributed by atoms with Gasteiger partial charge in [-0.25, -0.2) is 13.4 Å². The Hall–Kier alpha value is -2.93. The highest BCUT2D eigenvalue weighted by atomic mass is 32.2. The van der Waals surface area contributed by atoms with E-state index in [0.29, 0.717) is 24.5 Å². The summed E-state index contributed by atoms with van der Waals surface area (Å²) in [6, 6.07) is 16.8. The summed E-state index contributed by atoms with van der Waals surface area (Å²) in [5.74, 6) is 0.702. The van der Waals surface area contributed by atoms with Gasteiger partial charge in [-0.2, -0.15) is 0 Å². The number of aromatic nitrogens is 2. The molecule has 0 saturated heterocycles. The van der Waals surface area contributed by atoms with Gasteiger partial charge < -0.3 is 5.32 Å². The number of sulfonamides is 1. The van der Waals surface area contributed by atoms with Crippen molar-refractivity contribution in [2.75, 3.05) is 15.8 Å². The Kier molecular flexibility index (Phi) is 5.80. The van der Waals surface area contributed by atoms with Crippen LogP contribution in [0.5, 0.6) is 0 Å². The van der Waals surface area contributed by atoms with Crippen LogP contribution in [0.3, 0.4) is 0 Å². The van der Waals surface area contributed by atoms with E-state index in [1.807, 2.05) is 42.5 Å². The van der Waals surface area contributed by atoms with Gasteiger partial charge in [0.15, 0.2) is 0 Å². The molecule has 0 radical (unpaired) electrons. The molecule has 0 amide bonds. The Bertz CT molecular complexity index is 915. The monoisotopic (exact) mass is 368 g/mol. The number of nitrogens with one attached hydrogen (secondary N) is 2. The maximum absolute atomic E-state index is 12.2. The zero-order valence-electron chi connectivity index (χ0n) is 14.2. The van der Waals surface area contributed by atoms with E-state index >= 15 is 0 Å². The minimum atomic E-state index is -3.42. The Morgan fingerprint density at radius 2 is 1.65 bits per heavy atom. The van der Waals surface area contributed by atoms with E-state index in [9.17, 15) is 8.42 Å². The Morgan fingerprint density at radius 1 is 0.885 bits per heavy atom. The van der Waals surface area contributed by atoms with Crippen LogP contribution in [0.2, 0.25) is 0 Å². The quantitative estimate of drug-likeness (QED) is 0.638. The average Bonchev–Trinajstić information content (AvgIpc) is 2.67. The number of hydrogen-bond acceptors (Lipinski definition) is 5. The molecular formula is C19H20N4O2S. The Labute approximate surface area is 153 Å². The second-order valence-corrected chi connectivity index (χ2v) is 7.64. The third-order valence-corrected chi connectivity index (χ3v) is 5.05. The van der Waals surface area contributed by atoms with Gasteiger partial charge in [-0.1, -0.05) is 30.3 Å². The lowest BCUT2D eigenvalue weighted by atomic mass is 10.2. The third kappa shape index (κ3) is 5.56. The van der Waals surface area contributed by atoms with Crippen molar-refractivity contribution in [3.8, 4) is 0 Å². The third-order valence-electron chi connectivity index (χ3n) is 3.76. The molecule has 3 rings (SSSR count). The van der Waals surface area contributed by atoms with E-state index < -0.39 is 10.0 Å². The first-order valence-electron chi connectivity index (χ1n) is 8.24. The van der Waals surface area contributed by atoms with E-state index in [1.165, 1.54) is 6.20 Å². The number of rotatable bonds is 8. The lowest BCUT2D eigenvalue weighted by molar-refractivity contribution is 0.600. The van der Waals surface area contributed by atoms with Crippen molar-refractivity contribution in [1.29, 1.82) is 0 Å². The van der Waals surface area contributed by atoms with E-state index in [2.05, 4.69) is 20.0 Å². The largest absolute Gasteiger partial charge is 0.366 e. The van der Waals surface area contributed by atoms with Crippen molar-refractivity contribution in [3.63, 3.8) is 0 Å². The van der Waals surface area contributed by atoms with Gasteiger partial charge in [0, 0.05) is 18.9 Å². The SMILES string of the molecule is O=S(=O)(CCc1ccccc1)Nc1ccc(NCc2ccncc2)nc1. The van der Waals surface area contributed by atoms with Gasteiger partial charge in [0.05, 0.1) is 17.6 Å². The molecule has 0 unspecified atom stereocenters. The number of anilines is 2. The molecule has 134 valence electrons. The van der Waals surface area contributed by atoms with Crippen LogP contribution in [0.25, 0.3) is 0 Å². The Morgan fingerprint density at radius 3 is 2.35 bits per heavy atom. The normalized spacial score (nSPS) is 11.1. The van der Waals surface area contributed by atoms with Crippen LogP contribution in [0.1, 0.15) is 11.1 Å². The van der Waals surface area contributed by atoms with Crippen molar-refractivity contribution in [2.45, 2.75) is 13.0 Å². The summed E-state index contributed by atoms with van der Waals surface area (Å²) in [6.45, 7) is 0.623. The number of nitrogens with zero attached hydrogens (tertiary/aromatic N) is 2. The smallest absolute Gasteiger partial charge is 0.233 e. The molecular weight excluding hydrogens is 348 g/mol. The molecule has 2 heterocycles. The number of benzene rings is 1. The van der Waals surface area contributed by atoms with E-state index in [1.54, 1.807) is 24.5 Å². The molecule has 6 nitrogen and oxygen atoms in total. The summed E-state index contributed by atoms with van der Waals surface area (Å²) in [7, 11) is -3.42. The highest BCUT2D eigenvalue weighted by Crippen LogP contribution is 2.13. The molecule has 1 aromatic carbocycles. The number of pyridine rings is 2. The fraction of sp³-hybridized carbons (Fsp3) is 0.158. The molecule has 26 heavy (non-hydrogen) atoms. The van der Waals surface area contributed by atoms with Crippen molar-refractivity contribution in [3.05, 3.63) is 84.3 Å². The summed E-state index contributed by atoms with van der Waals surface area (Å²) in [6.07, 6.45) is 5.44. The van der Waals surface area contributed by atoms with Gasteiger partial charge in [0.25, 0.3) is 0 Å². The molecule has 0 aliphatic heterocycles. The maximum atomic E-state index is 12.2. The number of aryl methyl sites for hydroxylation is 1. The van der Waals surface area contributed by atoms with Gasteiger partial charge in [0.2, 0.25) is 10.0 Å². The van der Waals surface area contributed by atoms with Gasteiger partial charge in [-0.15, -0.1) is 0 Å². The van der Waals surface area contributed by atoms with Gasteiger partial charge in [-0.05, 0) is 41.8 Å². The second-order valence-electron chi connectivity index (χ2n) is 5.80. The molecule has 7 heteroatoms. The summed E-state index contributed by atoms with van der Waals surface area (Å²) in [5, 5.41) is 3.18. The average molecular weight is 368 g/mol. The summed E-state index contributed by atoms with van der Waals surface area (Å²) in [4.78, 5) is 8.21. The first-order chi connectivity index (χ1) is 12.6. The first kappa shape index (κ1) is 17.9. The zero-order valence-corrected chi connectivity index (χ0v) is 15.0. The van der Waals surface area contributed by atoms with Crippen molar-refractivity contribution in [1.82, 2.24) is 9.97 Å². The van der Waals surface area contributed by atoms with Gasteiger partial charge >= 0.3 is 0 Å². The number of hydrogen-bond donors (Lipinski definition) is 2. The fourth-order valence-electron chi connectivity index (χ4n) is 2.38. The van der Waals surface area contributed by atoms with Crippen molar-refractivity contribution < 1.29 is 8.42 Å². The lowest BCUT2D eigenvalue weighted by Gasteiger charge is -2.09. The van der Waals surface area contributed by atoms with E-state index in [-0.39, 0.29) is 5.75 Å². The maximum Gasteiger partial charge on any atom is 0.233 e. The van der Waals surface area contributed by atoms with Gasteiger partial charge in [-0.3, -0.25) is 9.71 Å². The minimum Gasteiger partial charge on any atom is -0.366 e. The molecule has 0 fully saturated rings. The van der Waals surface area contributed by atoms with E-state index in [4.69, 9.17) is 0 Å². The van der Waals surface area contributed by atoms with Gasteiger partial charge in [0.1, 0.15) is 5.82 Å². The topological polar surface area (TPSA) is 84.0 Å². The summed E-state index contributed by atoms with van der Waals surface area (Å²) >= 11 is 0. The zero-order chi connectivity index (χ0) is 18.2. The molecule has 0 bridgehead atoms. The molecule has 0 saturated carbocycles. The van der Waals surface area contributed by atoms with E-state index in [0.717, 1.165) is 11.1 Å². The molecule has 0 spiro atoms. The molecule has 0 aliphatic rings. The van der Waals surface area contributed by atoms with Crippen LogP contribution in [0.4, 0.5) is 11.5 Å².